The third kappa shape index (κ3) is 10.1. The molecular formula is C20H18N4O9S2. The third-order valence-corrected chi connectivity index (χ3v) is 6.02. The third-order valence-electron chi connectivity index (χ3n) is 3.97. The van der Waals surface area contributed by atoms with Crippen LogP contribution in [0.2, 0.25) is 0 Å². The van der Waals surface area contributed by atoms with Gasteiger partial charge >= 0.3 is 33.0 Å². The summed E-state index contributed by atoms with van der Waals surface area (Å²) in [7, 11) is -11.0. The van der Waals surface area contributed by atoms with Crippen LogP contribution in [0.4, 0.5) is 21.0 Å². The van der Waals surface area contributed by atoms with Crippen LogP contribution < -0.4 is 10.6 Å². The minimum Gasteiger partial charge on any atom is -0.305 e. The molecule has 0 aliphatic carbocycles. The van der Waals surface area contributed by atoms with Gasteiger partial charge in [0.25, 0.3) is 0 Å². The molecule has 0 saturated carbocycles. The number of nitriles is 2. The average molecular weight is 523 g/mol. The molecule has 0 bridgehead atoms. The maximum absolute atomic E-state index is 11.8. The lowest BCUT2D eigenvalue weighted by Crippen LogP contribution is -2.26. The SMILES string of the molecule is N#CCCc1ccc(NC(=O)OS(=O)(=O)OS(=O)(=O)OC(=O)Nc2ccc(CCC#N)cc2)cc1. The van der Waals surface area contributed by atoms with Gasteiger partial charge in [-0.25, -0.2) is 9.59 Å². The number of benzene rings is 2. The molecule has 0 fully saturated rings. The highest BCUT2D eigenvalue weighted by atomic mass is 32.3. The summed E-state index contributed by atoms with van der Waals surface area (Å²) in [5, 5.41) is 21.2. The normalized spacial score (nSPS) is 10.9. The predicted octanol–water partition coefficient (Wildman–Crippen LogP) is 2.90. The quantitative estimate of drug-likeness (QED) is 0.464. The van der Waals surface area contributed by atoms with Crippen molar-refractivity contribution in [1.82, 2.24) is 0 Å². The molecular weight excluding hydrogens is 504 g/mol. The summed E-state index contributed by atoms with van der Waals surface area (Å²) >= 11 is 0. The molecule has 0 aromatic heterocycles. The number of amides is 2. The van der Waals surface area contributed by atoms with Crippen LogP contribution in [-0.2, 0) is 45.6 Å². The van der Waals surface area contributed by atoms with E-state index in [2.05, 4.69) is 12.0 Å². The molecule has 2 aromatic carbocycles. The van der Waals surface area contributed by atoms with E-state index in [0.29, 0.717) is 12.8 Å². The molecule has 2 aromatic rings. The van der Waals surface area contributed by atoms with Gasteiger partial charge in [-0.3, -0.25) is 10.6 Å². The Balaban J connectivity index is 1.88. The van der Waals surface area contributed by atoms with Crippen molar-refractivity contribution in [3.63, 3.8) is 0 Å². The summed E-state index contributed by atoms with van der Waals surface area (Å²) in [6, 6.07) is 15.9. The van der Waals surface area contributed by atoms with E-state index in [1.54, 1.807) is 24.3 Å². The van der Waals surface area contributed by atoms with Crippen molar-refractivity contribution in [3.8, 4) is 12.1 Å². The number of carbonyl (C=O) groups excluding carboxylic acids is 2. The van der Waals surface area contributed by atoms with Crippen LogP contribution >= 0.6 is 0 Å². The Morgan fingerprint density at radius 3 is 1.34 bits per heavy atom. The molecule has 2 N–H and O–H groups in total. The van der Waals surface area contributed by atoms with E-state index < -0.39 is 33.0 Å². The van der Waals surface area contributed by atoms with Gasteiger partial charge in [-0.2, -0.15) is 27.4 Å². The molecule has 0 atom stereocenters. The van der Waals surface area contributed by atoms with Crippen LogP contribution in [0, 0.1) is 22.7 Å². The van der Waals surface area contributed by atoms with Gasteiger partial charge in [-0.05, 0) is 48.2 Å². The van der Waals surface area contributed by atoms with E-state index in [9.17, 15) is 26.4 Å². The molecule has 0 aliphatic heterocycles. The van der Waals surface area contributed by atoms with Crippen LogP contribution in [0.3, 0.4) is 0 Å². The molecule has 2 amide bonds. The fourth-order valence-electron chi connectivity index (χ4n) is 2.50. The van der Waals surface area contributed by atoms with Crippen LogP contribution in [0.15, 0.2) is 48.5 Å². The van der Waals surface area contributed by atoms with Gasteiger partial charge in [-0.15, -0.1) is 0 Å². The first-order valence-electron chi connectivity index (χ1n) is 9.65. The number of hydrogen-bond acceptors (Lipinski definition) is 11. The van der Waals surface area contributed by atoms with Crippen LogP contribution in [-0.4, -0.2) is 29.0 Å². The smallest absolute Gasteiger partial charge is 0.305 e. The van der Waals surface area contributed by atoms with Gasteiger partial charge in [0, 0.05) is 24.2 Å². The summed E-state index contributed by atoms with van der Waals surface area (Å²) in [4.78, 5) is 23.5. The summed E-state index contributed by atoms with van der Waals surface area (Å²) in [5.74, 6) is 0. The van der Waals surface area contributed by atoms with Crippen molar-refractivity contribution >= 4 is 44.4 Å². The number of rotatable bonds is 10. The van der Waals surface area contributed by atoms with Crippen LogP contribution in [0.5, 0.6) is 0 Å². The molecule has 184 valence electrons. The molecule has 0 radical (unpaired) electrons. The molecule has 0 unspecified atom stereocenters. The van der Waals surface area contributed by atoms with Crippen molar-refractivity contribution in [1.29, 1.82) is 10.5 Å². The number of nitrogens with one attached hydrogen (secondary N) is 2. The molecule has 35 heavy (non-hydrogen) atoms. The Kier molecular flexibility index (Phi) is 9.54. The first-order valence-corrected chi connectivity index (χ1v) is 12.3. The van der Waals surface area contributed by atoms with E-state index in [1.165, 1.54) is 24.3 Å². The lowest BCUT2D eigenvalue weighted by atomic mass is 10.1. The van der Waals surface area contributed by atoms with Crippen molar-refractivity contribution in [2.75, 3.05) is 10.6 Å². The largest absolute Gasteiger partial charge is 0.470 e. The number of nitrogens with zero attached hydrogens (tertiary/aromatic N) is 2. The number of carbonyl (C=O) groups is 2. The molecule has 2 rings (SSSR count). The first kappa shape index (κ1) is 27.1. The van der Waals surface area contributed by atoms with Gasteiger partial charge in [0.05, 0.1) is 12.1 Å². The Bertz CT molecular complexity index is 1240. The van der Waals surface area contributed by atoms with E-state index in [0.717, 1.165) is 11.1 Å². The second-order valence-corrected chi connectivity index (χ2v) is 9.10. The van der Waals surface area contributed by atoms with Gasteiger partial charge in [0.15, 0.2) is 0 Å². The number of hydrogen-bond donors (Lipinski definition) is 2. The molecule has 0 saturated heterocycles. The highest BCUT2D eigenvalue weighted by Gasteiger charge is 2.31. The topological polar surface area (TPSA) is 202 Å². The Morgan fingerprint density at radius 2 is 1.03 bits per heavy atom. The fraction of sp³-hybridized carbons (Fsp3) is 0.200. The Morgan fingerprint density at radius 1 is 0.686 bits per heavy atom. The van der Waals surface area contributed by atoms with E-state index in [-0.39, 0.29) is 24.2 Å². The molecule has 0 heterocycles. The van der Waals surface area contributed by atoms with E-state index in [4.69, 9.17) is 10.5 Å². The zero-order chi connectivity index (χ0) is 25.9. The van der Waals surface area contributed by atoms with Gasteiger partial charge in [-0.1, -0.05) is 27.9 Å². The monoisotopic (exact) mass is 522 g/mol. The fourth-order valence-corrected chi connectivity index (χ4v) is 4.00. The van der Waals surface area contributed by atoms with Gasteiger partial charge in [0.1, 0.15) is 0 Å². The van der Waals surface area contributed by atoms with Gasteiger partial charge < -0.3 is 8.37 Å². The standard InChI is InChI=1S/C20H18N4O9S2/c21-13-1-3-15-5-9-17(10-6-15)23-19(25)31-34(27,28)33-35(29,30)32-20(26)24-18-11-7-16(8-12-18)4-2-14-22/h5-12H,1-4H2,(H,23,25)(H,24,26). The predicted molar refractivity (Wildman–Crippen MR) is 120 cm³/mol. The lowest BCUT2D eigenvalue weighted by molar-refractivity contribution is 0.204. The zero-order valence-corrected chi connectivity index (χ0v) is 19.5. The van der Waals surface area contributed by atoms with E-state index >= 15 is 0 Å². The van der Waals surface area contributed by atoms with Crippen LogP contribution in [0.25, 0.3) is 0 Å². The summed E-state index contributed by atoms with van der Waals surface area (Å²) in [6.45, 7) is 0. The lowest BCUT2D eigenvalue weighted by Gasteiger charge is -2.09. The van der Waals surface area contributed by atoms with Crippen LogP contribution in [0.1, 0.15) is 24.0 Å². The second-order valence-electron chi connectivity index (χ2n) is 6.59. The average Bonchev–Trinajstić information content (AvgIpc) is 2.76. The second kappa shape index (κ2) is 12.3. The summed E-state index contributed by atoms with van der Waals surface area (Å²) in [5.41, 5.74) is 1.81. The van der Waals surface area contributed by atoms with Crippen molar-refractivity contribution in [3.05, 3.63) is 59.7 Å². The highest BCUT2D eigenvalue weighted by molar-refractivity contribution is 7.95. The minimum atomic E-state index is -5.48. The summed E-state index contributed by atoms with van der Waals surface area (Å²) < 4.78 is 58.5. The van der Waals surface area contributed by atoms with Crippen molar-refractivity contribution in [2.45, 2.75) is 25.7 Å². The molecule has 13 nitrogen and oxygen atoms in total. The Hall–Kier alpha value is -4.18. The first-order chi connectivity index (χ1) is 16.5. The maximum atomic E-state index is 11.8. The van der Waals surface area contributed by atoms with Gasteiger partial charge in [0.2, 0.25) is 0 Å². The minimum absolute atomic E-state index is 0.114. The maximum Gasteiger partial charge on any atom is 0.470 e. The summed E-state index contributed by atoms with van der Waals surface area (Å²) in [6.07, 6.45) is -1.66. The van der Waals surface area contributed by atoms with Crippen molar-refractivity contribution < 1.29 is 38.4 Å². The zero-order valence-electron chi connectivity index (χ0n) is 17.8. The molecule has 0 aliphatic rings. The van der Waals surface area contributed by atoms with E-state index in [1.807, 2.05) is 22.8 Å². The molecule has 0 spiro atoms. The van der Waals surface area contributed by atoms with Crippen molar-refractivity contribution in [2.24, 2.45) is 0 Å². The number of anilines is 2. The Labute approximate surface area is 201 Å². The highest BCUT2D eigenvalue weighted by Crippen LogP contribution is 2.15. The number of aryl methyl sites for hydroxylation is 2. The molecule has 15 heteroatoms.